The van der Waals surface area contributed by atoms with Gasteiger partial charge in [-0.15, -0.1) is 13.2 Å². The first-order chi connectivity index (χ1) is 17.3. The van der Waals surface area contributed by atoms with E-state index < -0.39 is 22.0 Å². The van der Waals surface area contributed by atoms with Crippen LogP contribution in [0.15, 0.2) is 47.5 Å². The van der Waals surface area contributed by atoms with Crippen molar-refractivity contribution in [3.8, 4) is 5.75 Å². The molecule has 0 bridgehead atoms. The Balaban J connectivity index is 1.33. The SMILES string of the molecule is CO[C@]12CN(C(=O)CCc3ccc(OC(F)(F)F)cc3)C[C@@H]1CN(C(=O)c1ccc(S(N)(=O)=O)cn1)C2. The maximum absolute atomic E-state index is 12.9. The van der Waals surface area contributed by atoms with E-state index in [9.17, 15) is 31.2 Å². The molecule has 2 N–H and O–H groups in total. The number of nitrogens with zero attached hydrogens (tertiary/aromatic N) is 3. The summed E-state index contributed by atoms with van der Waals surface area (Å²) < 4.78 is 69.4. The lowest BCUT2D eigenvalue weighted by molar-refractivity contribution is -0.274. The van der Waals surface area contributed by atoms with Gasteiger partial charge in [-0.25, -0.2) is 18.5 Å². The monoisotopic (exact) mass is 542 g/mol. The summed E-state index contributed by atoms with van der Waals surface area (Å²) in [7, 11) is -2.40. The lowest BCUT2D eigenvalue weighted by atomic mass is 9.95. The lowest BCUT2D eigenvalue weighted by Gasteiger charge is -2.28. The third-order valence-corrected chi connectivity index (χ3v) is 7.56. The zero-order valence-corrected chi connectivity index (χ0v) is 20.6. The van der Waals surface area contributed by atoms with Crippen LogP contribution >= 0.6 is 0 Å². The number of sulfonamides is 1. The van der Waals surface area contributed by atoms with Crippen LogP contribution in [0, 0.1) is 5.92 Å². The molecule has 1 aromatic heterocycles. The van der Waals surface area contributed by atoms with Gasteiger partial charge in [0.05, 0.1) is 13.1 Å². The van der Waals surface area contributed by atoms with Crippen LogP contribution in [0.1, 0.15) is 22.5 Å². The van der Waals surface area contributed by atoms with Crippen molar-refractivity contribution in [1.82, 2.24) is 14.8 Å². The molecule has 2 aromatic rings. The van der Waals surface area contributed by atoms with Gasteiger partial charge in [0.2, 0.25) is 15.9 Å². The van der Waals surface area contributed by atoms with E-state index in [1.165, 1.54) is 43.5 Å². The Kier molecular flexibility index (Phi) is 7.18. The van der Waals surface area contributed by atoms with Crippen molar-refractivity contribution >= 4 is 21.8 Å². The molecule has 0 aliphatic carbocycles. The zero-order valence-electron chi connectivity index (χ0n) is 19.8. The highest BCUT2D eigenvalue weighted by Crippen LogP contribution is 2.38. The summed E-state index contributed by atoms with van der Waals surface area (Å²) in [6.45, 7) is 1.23. The van der Waals surface area contributed by atoms with Crippen LogP contribution in [0.4, 0.5) is 13.2 Å². The van der Waals surface area contributed by atoms with Crippen molar-refractivity contribution < 1.29 is 40.7 Å². The number of methoxy groups -OCH3 is 1. The fourth-order valence-corrected chi connectivity index (χ4v) is 5.21. The highest BCUT2D eigenvalue weighted by atomic mass is 32.2. The molecule has 0 radical (unpaired) electrons. The second kappa shape index (κ2) is 9.91. The normalized spacial score (nSPS) is 21.7. The molecule has 14 heteroatoms. The van der Waals surface area contributed by atoms with Crippen molar-refractivity contribution in [2.45, 2.75) is 29.7 Å². The predicted octanol–water partition coefficient (Wildman–Crippen LogP) is 1.56. The molecule has 2 amide bonds. The number of hydrogen-bond donors (Lipinski definition) is 1. The molecule has 200 valence electrons. The van der Waals surface area contributed by atoms with E-state index in [0.29, 0.717) is 25.1 Å². The number of rotatable bonds is 7. The molecule has 0 unspecified atom stereocenters. The van der Waals surface area contributed by atoms with Gasteiger partial charge in [-0.2, -0.15) is 0 Å². The van der Waals surface area contributed by atoms with Crippen molar-refractivity contribution in [2.75, 3.05) is 33.3 Å². The second-order valence-electron chi connectivity index (χ2n) is 9.04. The smallest absolute Gasteiger partial charge is 0.406 e. The van der Waals surface area contributed by atoms with Crippen molar-refractivity contribution in [1.29, 1.82) is 0 Å². The number of likely N-dealkylation sites (tertiary alicyclic amines) is 2. The third kappa shape index (κ3) is 6.02. The number of fused-ring (bicyclic) bond motifs is 1. The first-order valence-electron chi connectivity index (χ1n) is 11.3. The minimum atomic E-state index is -4.77. The number of carbonyl (C=O) groups is 2. The number of halogens is 3. The molecule has 4 rings (SSSR count). The largest absolute Gasteiger partial charge is 0.573 e. The van der Waals surface area contributed by atoms with Crippen LogP contribution in [-0.4, -0.2) is 80.3 Å². The molecule has 37 heavy (non-hydrogen) atoms. The average Bonchev–Trinajstić information content (AvgIpc) is 3.37. The number of primary sulfonamides is 1. The fraction of sp³-hybridized carbons (Fsp3) is 0.435. The van der Waals surface area contributed by atoms with E-state index in [0.717, 1.165) is 6.20 Å². The molecule has 2 saturated heterocycles. The molecule has 2 atom stereocenters. The van der Waals surface area contributed by atoms with E-state index in [4.69, 9.17) is 9.88 Å². The van der Waals surface area contributed by atoms with Crippen LogP contribution < -0.4 is 9.88 Å². The second-order valence-corrected chi connectivity index (χ2v) is 10.6. The summed E-state index contributed by atoms with van der Waals surface area (Å²) in [6.07, 6.45) is -3.23. The first kappa shape index (κ1) is 26.8. The predicted molar refractivity (Wildman–Crippen MR) is 123 cm³/mol. The molecular formula is C23H25F3N4O6S. The molecule has 2 fully saturated rings. The standard InChI is InChI=1S/C23H25F3N4O6S/c1-35-22-13-29(20(31)9-4-15-2-5-17(6-3-15)36-23(24,25)26)11-16(22)12-30(14-22)21(32)19-8-7-18(10-28-19)37(27,33)34/h2-3,5-8,10,16H,4,9,11-14H2,1H3,(H2,27,33,34)/t16-,22+/m1/s1. The number of ether oxygens (including phenoxy) is 2. The number of hydrogen-bond acceptors (Lipinski definition) is 7. The number of carbonyl (C=O) groups excluding carboxylic acids is 2. The number of amides is 2. The van der Waals surface area contributed by atoms with Gasteiger partial charge in [-0.1, -0.05) is 12.1 Å². The van der Waals surface area contributed by atoms with Gasteiger partial charge in [-0.3, -0.25) is 9.59 Å². The Bertz CT molecular complexity index is 1270. The highest BCUT2D eigenvalue weighted by Gasteiger charge is 2.55. The number of benzene rings is 1. The minimum absolute atomic E-state index is 0.0678. The Hall–Kier alpha value is -3.23. The van der Waals surface area contributed by atoms with Crippen LogP contribution in [-0.2, 0) is 26.0 Å². The van der Waals surface area contributed by atoms with Gasteiger partial charge < -0.3 is 19.3 Å². The Morgan fingerprint density at radius 2 is 1.76 bits per heavy atom. The molecule has 0 spiro atoms. The quantitative estimate of drug-likeness (QED) is 0.562. The zero-order chi connectivity index (χ0) is 27.0. The molecule has 0 saturated carbocycles. The maximum atomic E-state index is 12.9. The van der Waals surface area contributed by atoms with Gasteiger partial charge in [-0.05, 0) is 36.2 Å². The highest BCUT2D eigenvalue weighted by molar-refractivity contribution is 7.89. The molecule has 3 heterocycles. The molecule has 2 aliphatic heterocycles. The lowest BCUT2D eigenvalue weighted by Crippen LogP contribution is -2.44. The van der Waals surface area contributed by atoms with E-state index in [-0.39, 0.29) is 53.6 Å². The number of alkyl halides is 3. The summed E-state index contributed by atoms with van der Waals surface area (Å²) in [5.74, 6) is -0.971. The summed E-state index contributed by atoms with van der Waals surface area (Å²) in [5, 5.41) is 5.07. The summed E-state index contributed by atoms with van der Waals surface area (Å²) in [5.41, 5.74) is 0.0160. The van der Waals surface area contributed by atoms with E-state index in [1.54, 1.807) is 9.80 Å². The van der Waals surface area contributed by atoms with E-state index in [2.05, 4.69) is 9.72 Å². The number of aryl methyl sites for hydroxylation is 1. The molecule has 2 aliphatic rings. The van der Waals surface area contributed by atoms with Crippen LogP contribution in [0.5, 0.6) is 5.75 Å². The van der Waals surface area contributed by atoms with Crippen molar-refractivity contribution in [3.63, 3.8) is 0 Å². The summed E-state index contributed by atoms with van der Waals surface area (Å²) in [4.78, 5) is 32.8. The minimum Gasteiger partial charge on any atom is -0.406 e. The maximum Gasteiger partial charge on any atom is 0.573 e. The van der Waals surface area contributed by atoms with Crippen LogP contribution in [0.25, 0.3) is 0 Å². The molecule has 10 nitrogen and oxygen atoms in total. The Morgan fingerprint density at radius 1 is 1.11 bits per heavy atom. The van der Waals surface area contributed by atoms with Crippen molar-refractivity contribution in [2.24, 2.45) is 11.1 Å². The van der Waals surface area contributed by atoms with Gasteiger partial charge >= 0.3 is 6.36 Å². The topological polar surface area (TPSA) is 132 Å². The third-order valence-electron chi connectivity index (χ3n) is 6.66. The van der Waals surface area contributed by atoms with Crippen LogP contribution in [0.2, 0.25) is 0 Å². The van der Waals surface area contributed by atoms with Gasteiger partial charge in [0.25, 0.3) is 5.91 Å². The van der Waals surface area contributed by atoms with E-state index in [1.807, 2.05) is 0 Å². The first-order valence-corrected chi connectivity index (χ1v) is 12.8. The van der Waals surface area contributed by atoms with Crippen LogP contribution in [0.3, 0.4) is 0 Å². The summed E-state index contributed by atoms with van der Waals surface area (Å²) in [6, 6.07) is 7.89. The van der Waals surface area contributed by atoms with E-state index >= 15 is 0 Å². The molecular weight excluding hydrogens is 517 g/mol. The number of pyridine rings is 1. The van der Waals surface area contributed by atoms with Gasteiger partial charge in [0.15, 0.2) is 0 Å². The van der Waals surface area contributed by atoms with Gasteiger partial charge in [0.1, 0.15) is 21.9 Å². The molecule has 1 aromatic carbocycles. The Morgan fingerprint density at radius 3 is 2.30 bits per heavy atom. The average molecular weight is 543 g/mol. The number of aromatic nitrogens is 1. The fourth-order valence-electron chi connectivity index (χ4n) is 4.75. The van der Waals surface area contributed by atoms with Gasteiger partial charge in [0, 0.05) is 38.7 Å². The number of nitrogens with two attached hydrogens (primary N) is 1. The summed E-state index contributed by atoms with van der Waals surface area (Å²) >= 11 is 0. The van der Waals surface area contributed by atoms with Crippen molar-refractivity contribution in [3.05, 3.63) is 53.9 Å². The Labute approximate surface area is 211 Å².